The van der Waals surface area contributed by atoms with Gasteiger partial charge in [-0.2, -0.15) is 22.9 Å². The van der Waals surface area contributed by atoms with Crippen molar-refractivity contribution in [2.75, 3.05) is 0 Å². The molecule has 4 heterocycles. The molecule has 0 aliphatic heterocycles. The summed E-state index contributed by atoms with van der Waals surface area (Å²) < 4.78 is 14.9. The van der Waals surface area contributed by atoms with E-state index in [0.29, 0.717) is 28.9 Å². The predicted octanol–water partition coefficient (Wildman–Crippen LogP) is 10.7. The van der Waals surface area contributed by atoms with Gasteiger partial charge in [0, 0.05) is 47.8 Å². The smallest absolute Gasteiger partial charge is 0.503 e. The van der Waals surface area contributed by atoms with Gasteiger partial charge in [0.2, 0.25) is 5.95 Å². The molecule has 0 atom stereocenters. The van der Waals surface area contributed by atoms with E-state index < -0.39 is 0 Å². The van der Waals surface area contributed by atoms with Crippen LogP contribution >= 0.6 is 0 Å². The van der Waals surface area contributed by atoms with Gasteiger partial charge in [-0.25, -0.2) is 9.97 Å². The number of benzene rings is 4. The van der Waals surface area contributed by atoms with Crippen LogP contribution in [0.25, 0.3) is 50.3 Å². The summed E-state index contributed by atoms with van der Waals surface area (Å²) in [5, 5.41) is 1.90. The molecular formula is C44H33N5O2PdPt. The number of ether oxygens (including phenoxy) is 2. The average Bonchev–Trinajstić information content (AvgIpc) is 3.48. The van der Waals surface area contributed by atoms with Crippen LogP contribution in [0.3, 0.4) is 0 Å². The Hall–Kier alpha value is -4.99. The molecule has 0 aliphatic rings. The Kier molecular flexibility index (Phi) is 11.7. The Labute approximate surface area is 337 Å². The maximum absolute atomic E-state index is 6.47. The Balaban J connectivity index is 0.00000240. The fourth-order valence-corrected chi connectivity index (χ4v) is 6.02. The second kappa shape index (κ2) is 16.4. The van der Waals surface area contributed by atoms with Gasteiger partial charge in [-0.3, -0.25) is 0 Å². The molecule has 7 nitrogen and oxygen atoms in total. The van der Waals surface area contributed by atoms with E-state index in [1.807, 2.05) is 77.4 Å². The van der Waals surface area contributed by atoms with Crippen LogP contribution in [0.2, 0.25) is 0 Å². The van der Waals surface area contributed by atoms with Crippen LogP contribution < -0.4 is 9.47 Å². The summed E-state index contributed by atoms with van der Waals surface area (Å²) in [7, 11) is 0. The van der Waals surface area contributed by atoms with Crippen molar-refractivity contribution < 1.29 is 51.0 Å². The number of nitrogens with zero attached hydrogens (tertiary/aromatic N) is 5. The maximum Gasteiger partial charge on any atom is 2.00 e. The molecule has 0 bridgehead atoms. The van der Waals surface area contributed by atoms with Crippen LogP contribution in [0.1, 0.15) is 50.7 Å². The Morgan fingerprint density at radius 2 is 0.962 bits per heavy atom. The topological polar surface area (TPSA) is 75.0 Å². The molecule has 8 aromatic rings. The number of hydrogen-bond donors (Lipinski definition) is 0. The van der Waals surface area contributed by atoms with Crippen molar-refractivity contribution in [3.63, 3.8) is 0 Å². The molecule has 0 unspecified atom stereocenters. The van der Waals surface area contributed by atoms with Gasteiger partial charge in [0.25, 0.3) is 0 Å². The van der Waals surface area contributed by atoms with Crippen molar-refractivity contribution in [1.29, 1.82) is 0 Å². The van der Waals surface area contributed by atoms with Crippen LogP contribution in [-0.4, -0.2) is 24.5 Å². The quantitative estimate of drug-likeness (QED) is 0.106. The Morgan fingerprint density at radius 3 is 1.38 bits per heavy atom. The van der Waals surface area contributed by atoms with Crippen LogP contribution in [-0.2, 0) is 41.5 Å². The summed E-state index contributed by atoms with van der Waals surface area (Å²) >= 11 is 0. The van der Waals surface area contributed by atoms with Gasteiger partial charge in [-0.15, -0.1) is 58.7 Å². The normalized spacial score (nSPS) is 11.1. The summed E-state index contributed by atoms with van der Waals surface area (Å²) in [6.07, 6.45) is 7.01. The molecular weight excluding hydrogens is 932 g/mol. The standard InChI is InChI=1S/C44H33N5O2.Pd.Pt/c1-28(2)30-20-32(40-10-5-7-16-45-40)24-36(22-30)50-34-12-14-38-39-15-13-35(27-43(39)49(42(38)26-34)44-47-18-9-19-48-44)51-37-23-31(29(3)4)21-33(25-37)41-11-6-8-17-46-41;;/h5-23,28-29H,1-4H3;;/q-4;2*+2. The summed E-state index contributed by atoms with van der Waals surface area (Å²) in [4.78, 5) is 18.3. The van der Waals surface area contributed by atoms with Gasteiger partial charge in [0.1, 0.15) is 0 Å². The van der Waals surface area contributed by atoms with Crippen molar-refractivity contribution in [3.05, 3.63) is 151 Å². The molecule has 0 fully saturated rings. The summed E-state index contributed by atoms with van der Waals surface area (Å²) in [6, 6.07) is 43.5. The molecule has 53 heavy (non-hydrogen) atoms. The van der Waals surface area contributed by atoms with Crippen molar-refractivity contribution >= 4 is 21.8 Å². The molecule has 4 aromatic carbocycles. The van der Waals surface area contributed by atoms with Crippen molar-refractivity contribution in [2.24, 2.45) is 0 Å². The second-order valence-corrected chi connectivity index (χ2v) is 12.9. The number of hydrogen-bond acceptors (Lipinski definition) is 6. The summed E-state index contributed by atoms with van der Waals surface area (Å²) in [5.41, 5.74) is 7.16. The fraction of sp³-hybridized carbons (Fsp3) is 0.136. The monoisotopic (exact) mass is 964 g/mol. The molecule has 0 amide bonds. The third-order valence-corrected chi connectivity index (χ3v) is 8.67. The van der Waals surface area contributed by atoms with Gasteiger partial charge in [-0.05, 0) is 41.4 Å². The zero-order valence-electron chi connectivity index (χ0n) is 29.3. The molecule has 0 saturated carbocycles. The fourth-order valence-electron chi connectivity index (χ4n) is 6.02. The Morgan fingerprint density at radius 1 is 0.509 bits per heavy atom. The number of fused-ring (bicyclic) bond motifs is 3. The molecule has 0 N–H and O–H groups in total. The van der Waals surface area contributed by atoms with Crippen LogP contribution in [0, 0.1) is 24.3 Å². The largest absolute Gasteiger partial charge is 2.00 e. The molecule has 266 valence electrons. The zero-order chi connectivity index (χ0) is 34.9. The first-order valence-electron chi connectivity index (χ1n) is 16.9. The van der Waals surface area contributed by atoms with Gasteiger partial charge < -0.3 is 24.0 Å². The van der Waals surface area contributed by atoms with E-state index in [4.69, 9.17) is 9.47 Å². The number of pyridine rings is 2. The van der Waals surface area contributed by atoms with Crippen LogP contribution in [0.5, 0.6) is 23.0 Å². The van der Waals surface area contributed by atoms with E-state index >= 15 is 0 Å². The molecule has 8 rings (SSSR count). The van der Waals surface area contributed by atoms with E-state index in [-0.39, 0.29) is 53.3 Å². The van der Waals surface area contributed by atoms with Crippen molar-refractivity contribution in [3.8, 4) is 51.5 Å². The summed E-state index contributed by atoms with van der Waals surface area (Å²) in [6.45, 7) is 8.63. The van der Waals surface area contributed by atoms with Gasteiger partial charge >= 0.3 is 41.5 Å². The minimum absolute atomic E-state index is 0. The average molecular weight is 965 g/mol. The first kappa shape index (κ1) is 37.8. The molecule has 0 spiro atoms. The van der Waals surface area contributed by atoms with Crippen molar-refractivity contribution in [1.82, 2.24) is 24.5 Å². The van der Waals surface area contributed by atoms with Crippen LogP contribution in [0.15, 0.2) is 116 Å². The first-order valence-corrected chi connectivity index (χ1v) is 16.9. The minimum atomic E-state index is 0. The SMILES string of the molecule is CC(C)c1cc(Oc2[c-]c3c(cc2)c2ccc(Oc4[c-]c(-c5ccccn5)cc(C(C)C)c4)[c-]c2n3-c2ncccn2)[c-]c(-c2ccccn2)c1.[Pd+2].[Pt+2]. The molecule has 4 aromatic heterocycles. The van der Waals surface area contributed by atoms with E-state index in [1.54, 1.807) is 30.9 Å². The molecule has 9 heteroatoms. The Bertz CT molecular complexity index is 2340. The second-order valence-electron chi connectivity index (χ2n) is 12.9. The number of aromatic nitrogens is 5. The van der Waals surface area contributed by atoms with Gasteiger partial charge in [0.05, 0.1) is 0 Å². The van der Waals surface area contributed by atoms with E-state index in [9.17, 15) is 0 Å². The zero-order valence-corrected chi connectivity index (χ0v) is 33.1. The third kappa shape index (κ3) is 8.01. The molecule has 0 aliphatic carbocycles. The van der Waals surface area contributed by atoms with E-state index in [0.717, 1.165) is 55.4 Å². The summed E-state index contributed by atoms with van der Waals surface area (Å²) in [5.74, 6) is 3.29. The number of rotatable bonds is 9. The minimum Gasteiger partial charge on any atom is -0.503 e. The third-order valence-electron chi connectivity index (χ3n) is 8.67. The van der Waals surface area contributed by atoms with E-state index in [2.05, 4.69) is 84.0 Å². The molecule has 0 saturated heterocycles. The maximum atomic E-state index is 6.47. The first-order chi connectivity index (χ1) is 24.9. The van der Waals surface area contributed by atoms with Crippen LogP contribution in [0.4, 0.5) is 0 Å². The van der Waals surface area contributed by atoms with E-state index in [1.165, 1.54) is 0 Å². The van der Waals surface area contributed by atoms with Gasteiger partial charge in [0.15, 0.2) is 0 Å². The molecule has 0 radical (unpaired) electrons. The van der Waals surface area contributed by atoms with Gasteiger partial charge in [-0.1, -0.05) is 87.3 Å². The van der Waals surface area contributed by atoms with Crippen molar-refractivity contribution in [2.45, 2.75) is 39.5 Å². The predicted molar refractivity (Wildman–Crippen MR) is 199 cm³/mol.